The second-order valence-electron chi connectivity index (χ2n) is 4.48. The van der Waals surface area contributed by atoms with E-state index in [1.54, 1.807) is 13.4 Å². The molecule has 0 atom stereocenters. The summed E-state index contributed by atoms with van der Waals surface area (Å²) in [6, 6.07) is 0. The summed E-state index contributed by atoms with van der Waals surface area (Å²) in [5.74, 6) is 1.33. The van der Waals surface area contributed by atoms with Crippen molar-refractivity contribution in [3.8, 4) is 0 Å². The summed E-state index contributed by atoms with van der Waals surface area (Å²) in [6.45, 7) is 2.24. The highest BCUT2D eigenvalue weighted by Gasteiger charge is 2.23. The Morgan fingerprint density at radius 1 is 1.33 bits per heavy atom. The van der Waals surface area contributed by atoms with Crippen LogP contribution in [0.3, 0.4) is 0 Å². The normalized spacial score (nSPS) is 27.5. The Morgan fingerprint density at radius 3 is 2.47 bits per heavy atom. The Labute approximate surface area is 92.7 Å². The molecule has 0 saturated heterocycles. The summed E-state index contributed by atoms with van der Waals surface area (Å²) < 4.78 is 4.93. The predicted octanol–water partition coefficient (Wildman–Crippen LogP) is 3.32. The molecule has 1 fully saturated rings. The highest BCUT2D eigenvalue weighted by Crippen LogP contribution is 2.34. The van der Waals surface area contributed by atoms with Crippen LogP contribution in [0.1, 0.15) is 45.4 Å². The van der Waals surface area contributed by atoms with Crippen molar-refractivity contribution < 1.29 is 9.53 Å². The van der Waals surface area contributed by atoms with Crippen molar-refractivity contribution in [2.24, 2.45) is 11.8 Å². The minimum atomic E-state index is 0.440. The van der Waals surface area contributed by atoms with E-state index in [2.05, 4.69) is 6.92 Å². The average molecular weight is 210 g/mol. The zero-order valence-corrected chi connectivity index (χ0v) is 9.87. The monoisotopic (exact) mass is 210 g/mol. The van der Waals surface area contributed by atoms with E-state index in [-0.39, 0.29) is 0 Å². The summed E-state index contributed by atoms with van der Waals surface area (Å²) in [5.41, 5.74) is 0.840. The predicted molar refractivity (Wildman–Crippen MR) is 61.5 cm³/mol. The van der Waals surface area contributed by atoms with Crippen LogP contribution >= 0.6 is 0 Å². The van der Waals surface area contributed by atoms with E-state index in [1.807, 2.05) is 0 Å². The van der Waals surface area contributed by atoms with Crippen molar-refractivity contribution in [3.05, 3.63) is 11.8 Å². The van der Waals surface area contributed by atoms with Crippen LogP contribution in [-0.4, -0.2) is 13.4 Å². The van der Waals surface area contributed by atoms with Gasteiger partial charge in [-0.25, -0.2) is 0 Å². The Hall–Kier alpha value is -0.790. The Balaban J connectivity index is 2.42. The number of ether oxygens (including phenoxy) is 1. The van der Waals surface area contributed by atoms with Gasteiger partial charge in [-0.2, -0.15) is 0 Å². The van der Waals surface area contributed by atoms with Gasteiger partial charge in [-0.15, -0.1) is 0 Å². The lowest BCUT2D eigenvalue weighted by Crippen LogP contribution is -2.16. The van der Waals surface area contributed by atoms with Crippen LogP contribution in [0, 0.1) is 11.8 Å². The van der Waals surface area contributed by atoms with Gasteiger partial charge >= 0.3 is 0 Å². The lowest BCUT2D eigenvalue weighted by Gasteiger charge is -2.28. The number of carbonyl (C=O) groups is 1. The Bertz CT molecular complexity index is 213. The van der Waals surface area contributed by atoms with Crippen LogP contribution in [0.2, 0.25) is 0 Å². The topological polar surface area (TPSA) is 26.3 Å². The van der Waals surface area contributed by atoms with Gasteiger partial charge in [-0.1, -0.05) is 19.8 Å². The maximum atomic E-state index is 10.9. The Kier molecular flexibility index (Phi) is 5.44. The van der Waals surface area contributed by atoms with E-state index in [0.29, 0.717) is 5.92 Å². The number of aldehydes is 1. The lowest BCUT2D eigenvalue weighted by atomic mass is 9.77. The van der Waals surface area contributed by atoms with Crippen LogP contribution in [0.5, 0.6) is 0 Å². The third-order valence-corrected chi connectivity index (χ3v) is 3.41. The van der Waals surface area contributed by atoms with Gasteiger partial charge in [0.1, 0.15) is 6.29 Å². The number of hydrogen-bond donors (Lipinski definition) is 0. The van der Waals surface area contributed by atoms with Crippen LogP contribution in [0.15, 0.2) is 11.8 Å². The molecule has 1 aliphatic rings. The second kappa shape index (κ2) is 6.65. The molecule has 0 bridgehead atoms. The van der Waals surface area contributed by atoms with Gasteiger partial charge in [0.15, 0.2) is 0 Å². The molecule has 2 nitrogen and oxygen atoms in total. The fourth-order valence-corrected chi connectivity index (χ4v) is 2.55. The van der Waals surface area contributed by atoms with E-state index in [1.165, 1.54) is 25.7 Å². The summed E-state index contributed by atoms with van der Waals surface area (Å²) in [4.78, 5) is 10.9. The molecular formula is C13H22O2. The van der Waals surface area contributed by atoms with Crippen LogP contribution in [0.4, 0.5) is 0 Å². The van der Waals surface area contributed by atoms with E-state index >= 15 is 0 Å². The minimum Gasteiger partial charge on any atom is -0.504 e. The van der Waals surface area contributed by atoms with Crippen molar-refractivity contribution in [2.45, 2.75) is 45.4 Å². The summed E-state index contributed by atoms with van der Waals surface area (Å²) in [5, 5.41) is 0. The van der Waals surface area contributed by atoms with Crippen LogP contribution in [0.25, 0.3) is 0 Å². The lowest BCUT2D eigenvalue weighted by molar-refractivity contribution is -0.105. The molecule has 0 unspecified atom stereocenters. The molecule has 0 aromatic rings. The molecule has 0 aromatic heterocycles. The van der Waals surface area contributed by atoms with E-state index in [4.69, 9.17) is 4.74 Å². The van der Waals surface area contributed by atoms with Gasteiger partial charge in [0.05, 0.1) is 13.4 Å². The van der Waals surface area contributed by atoms with Crippen molar-refractivity contribution in [1.82, 2.24) is 0 Å². The summed E-state index contributed by atoms with van der Waals surface area (Å²) >= 11 is 0. The maximum Gasteiger partial charge on any atom is 0.149 e. The fourth-order valence-electron chi connectivity index (χ4n) is 2.55. The first-order valence-electron chi connectivity index (χ1n) is 5.99. The van der Waals surface area contributed by atoms with Crippen LogP contribution in [-0.2, 0) is 9.53 Å². The van der Waals surface area contributed by atoms with Crippen LogP contribution < -0.4 is 0 Å². The SMILES string of the molecule is CCCC1CCC(/C(C=O)=C\OC)CC1. The highest BCUT2D eigenvalue weighted by molar-refractivity contribution is 5.73. The minimum absolute atomic E-state index is 0.440. The first-order chi connectivity index (χ1) is 7.31. The molecule has 0 amide bonds. The van der Waals surface area contributed by atoms with E-state index in [0.717, 1.165) is 30.6 Å². The molecule has 1 rings (SSSR count). The molecule has 2 heteroatoms. The number of rotatable bonds is 5. The first kappa shape index (κ1) is 12.3. The molecule has 1 saturated carbocycles. The number of methoxy groups -OCH3 is 1. The van der Waals surface area contributed by atoms with Crippen molar-refractivity contribution in [1.29, 1.82) is 0 Å². The standard InChI is InChI=1S/C13H22O2/c1-3-4-11-5-7-12(8-6-11)13(9-14)10-15-2/h9-12H,3-8H2,1-2H3/b13-10-. The second-order valence-corrected chi connectivity index (χ2v) is 4.48. The third kappa shape index (κ3) is 3.69. The van der Waals surface area contributed by atoms with Gasteiger partial charge in [0.2, 0.25) is 0 Å². The quantitative estimate of drug-likeness (QED) is 0.395. The maximum absolute atomic E-state index is 10.9. The van der Waals surface area contributed by atoms with Gasteiger partial charge in [-0.05, 0) is 37.5 Å². The van der Waals surface area contributed by atoms with Crippen molar-refractivity contribution >= 4 is 6.29 Å². The zero-order valence-electron chi connectivity index (χ0n) is 9.87. The molecule has 0 aliphatic heterocycles. The molecule has 0 N–H and O–H groups in total. The van der Waals surface area contributed by atoms with Gasteiger partial charge < -0.3 is 4.74 Å². The third-order valence-electron chi connectivity index (χ3n) is 3.41. The van der Waals surface area contributed by atoms with E-state index in [9.17, 15) is 4.79 Å². The van der Waals surface area contributed by atoms with Gasteiger partial charge in [-0.3, -0.25) is 4.79 Å². The largest absolute Gasteiger partial charge is 0.504 e. The van der Waals surface area contributed by atoms with Crippen molar-refractivity contribution in [3.63, 3.8) is 0 Å². The first-order valence-corrected chi connectivity index (χ1v) is 5.99. The Morgan fingerprint density at radius 2 is 2.00 bits per heavy atom. The number of carbonyl (C=O) groups excluding carboxylic acids is 1. The molecule has 15 heavy (non-hydrogen) atoms. The smallest absolute Gasteiger partial charge is 0.149 e. The molecule has 0 aromatic carbocycles. The average Bonchev–Trinajstić information content (AvgIpc) is 2.28. The van der Waals surface area contributed by atoms with E-state index < -0.39 is 0 Å². The molecule has 0 spiro atoms. The zero-order chi connectivity index (χ0) is 11.1. The fraction of sp³-hybridized carbons (Fsp3) is 0.769. The molecule has 0 heterocycles. The number of hydrogen-bond acceptors (Lipinski definition) is 2. The summed E-state index contributed by atoms with van der Waals surface area (Å²) in [7, 11) is 1.60. The number of allylic oxidation sites excluding steroid dienone is 1. The van der Waals surface area contributed by atoms with Crippen molar-refractivity contribution in [2.75, 3.05) is 7.11 Å². The molecule has 86 valence electrons. The molecule has 0 radical (unpaired) electrons. The van der Waals surface area contributed by atoms with Gasteiger partial charge in [0.25, 0.3) is 0 Å². The van der Waals surface area contributed by atoms with Gasteiger partial charge in [0, 0.05) is 5.57 Å². The highest BCUT2D eigenvalue weighted by atomic mass is 16.5. The molecular weight excluding hydrogens is 188 g/mol. The molecule has 1 aliphatic carbocycles. The summed E-state index contributed by atoms with van der Waals surface area (Å²) in [6.07, 6.45) is 10.0.